The van der Waals surface area contributed by atoms with Crippen molar-refractivity contribution < 1.29 is 9.53 Å². The summed E-state index contributed by atoms with van der Waals surface area (Å²) in [4.78, 5) is 19.3. The minimum atomic E-state index is 0.401. The van der Waals surface area contributed by atoms with Crippen LogP contribution < -0.4 is 15.4 Å². The molecule has 0 fully saturated rings. The van der Waals surface area contributed by atoms with Gasteiger partial charge in [-0.15, -0.1) is 0 Å². The maximum Gasteiger partial charge on any atom is 0.298 e. The second-order valence-electron chi connectivity index (χ2n) is 6.04. The summed E-state index contributed by atoms with van der Waals surface area (Å²) in [5.74, 6) is 1.41. The summed E-state index contributed by atoms with van der Waals surface area (Å²) in [6.45, 7) is 6.97. The van der Waals surface area contributed by atoms with Gasteiger partial charge in [-0.25, -0.2) is 9.97 Å². The third kappa shape index (κ3) is 6.80. The van der Waals surface area contributed by atoms with Crippen molar-refractivity contribution in [3.63, 3.8) is 0 Å². The zero-order valence-electron chi connectivity index (χ0n) is 16.4. The highest BCUT2D eigenvalue weighted by atomic mass is 16.5. The van der Waals surface area contributed by atoms with E-state index in [9.17, 15) is 4.79 Å². The van der Waals surface area contributed by atoms with Crippen molar-refractivity contribution in [3.8, 4) is 5.75 Å². The predicted molar refractivity (Wildman–Crippen MR) is 106 cm³/mol. The normalized spacial score (nSPS) is 11.1. The number of ether oxygens (including phenoxy) is 1. The summed E-state index contributed by atoms with van der Waals surface area (Å²) in [7, 11) is 3.75. The van der Waals surface area contributed by atoms with Gasteiger partial charge in [-0.05, 0) is 39.9 Å². The number of rotatable bonds is 8. The van der Waals surface area contributed by atoms with Gasteiger partial charge in [-0.3, -0.25) is 4.79 Å². The molecule has 0 saturated heterocycles. The van der Waals surface area contributed by atoms with Gasteiger partial charge in [-0.1, -0.05) is 43.7 Å². The van der Waals surface area contributed by atoms with Crippen LogP contribution in [0.2, 0.25) is 0 Å². The average Bonchev–Trinajstić information content (AvgIpc) is 2.63. The molecule has 0 aliphatic heterocycles. The lowest BCUT2D eigenvalue weighted by Crippen LogP contribution is -2.15. The molecule has 6 heteroatoms. The molecular formula is C20H30N4O2. The van der Waals surface area contributed by atoms with E-state index in [1.54, 1.807) is 13.8 Å². The zero-order chi connectivity index (χ0) is 19.4. The van der Waals surface area contributed by atoms with E-state index in [0.717, 1.165) is 19.4 Å². The maximum atomic E-state index is 10.5. The van der Waals surface area contributed by atoms with E-state index < -0.39 is 0 Å². The van der Waals surface area contributed by atoms with E-state index in [2.05, 4.69) is 51.8 Å². The Morgan fingerprint density at radius 2 is 1.69 bits per heavy atom. The Hall–Kier alpha value is -2.47. The molecule has 0 radical (unpaired) electrons. The third-order valence-electron chi connectivity index (χ3n) is 3.79. The smallest absolute Gasteiger partial charge is 0.298 e. The number of carbonyl (C=O) groups is 1. The van der Waals surface area contributed by atoms with E-state index >= 15 is 0 Å². The number of hydrogen-bond donors (Lipinski definition) is 2. The highest BCUT2D eigenvalue weighted by Crippen LogP contribution is 2.23. The van der Waals surface area contributed by atoms with Crippen molar-refractivity contribution in [1.29, 1.82) is 0 Å². The van der Waals surface area contributed by atoms with Crippen LogP contribution in [0.4, 0.5) is 5.95 Å². The Balaban J connectivity index is 0.00000105. The first-order valence-electron chi connectivity index (χ1n) is 8.90. The second-order valence-corrected chi connectivity index (χ2v) is 6.04. The van der Waals surface area contributed by atoms with Gasteiger partial charge < -0.3 is 15.4 Å². The largest absolute Gasteiger partial charge is 0.425 e. The molecule has 2 N–H and O–H groups in total. The van der Waals surface area contributed by atoms with E-state index in [-0.39, 0.29) is 0 Å². The van der Waals surface area contributed by atoms with Crippen LogP contribution in [-0.2, 0) is 4.79 Å². The molecule has 0 amide bonds. The number of aryl methyl sites for hydroxylation is 2. The third-order valence-corrected chi connectivity index (χ3v) is 3.79. The number of aromatic nitrogens is 2. The fraction of sp³-hybridized carbons (Fsp3) is 0.450. The maximum absolute atomic E-state index is 10.5. The Labute approximate surface area is 156 Å². The Bertz CT molecular complexity index is 639. The molecule has 0 spiro atoms. The number of benzene rings is 1. The number of carbonyl (C=O) groups excluding carboxylic acids is 1. The molecule has 0 aliphatic carbocycles. The first-order valence-corrected chi connectivity index (χ1v) is 8.90. The Morgan fingerprint density at radius 3 is 2.19 bits per heavy atom. The highest BCUT2D eigenvalue weighted by Gasteiger charge is 2.13. The molecule has 0 bridgehead atoms. The predicted octanol–water partition coefficient (Wildman–Crippen LogP) is 3.46. The standard InChI is InChI=1S/C18H23N3O2.C2H7N/c1-4-8-16(15-9-6-5-7-10-15)11-19-18-20-13(2)17(23-12-22)14(3)21-18;1-3-2/h5-7,9-10,12,16H,4,8,11H2,1-3H3,(H,19,20,21);3H,1-2H3. The summed E-state index contributed by atoms with van der Waals surface area (Å²) >= 11 is 0. The Kier molecular flexibility index (Phi) is 9.94. The lowest BCUT2D eigenvalue weighted by atomic mass is 9.94. The molecule has 2 aromatic rings. The highest BCUT2D eigenvalue weighted by molar-refractivity contribution is 5.49. The molecule has 1 unspecified atom stereocenters. The number of nitrogens with zero attached hydrogens (tertiary/aromatic N) is 2. The molecule has 142 valence electrons. The van der Waals surface area contributed by atoms with Crippen molar-refractivity contribution in [3.05, 3.63) is 47.3 Å². The van der Waals surface area contributed by atoms with Gasteiger partial charge in [-0.2, -0.15) is 0 Å². The van der Waals surface area contributed by atoms with Gasteiger partial charge >= 0.3 is 0 Å². The van der Waals surface area contributed by atoms with Crippen LogP contribution in [0.15, 0.2) is 30.3 Å². The van der Waals surface area contributed by atoms with Crippen molar-refractivity contribution >= 4 is 12.4 Å². The van der Waals surface area contributed by atoms with Gasteiger partial charge in [0.25, 0.3) is 6.47 Å². The van der Waals surface area contributed by atoms with Gasteiger partial charge in [0.15, 0.2) is 5.75 Å². The van der Waals surface area contributed by atoms with Crippen LogP contribution in [0.3, 0.4) is 0 Å². The van der Waals surface area contributed by atoms with Crippen LogP contribution in [0.5, 0.6) is 5.75 Å². The van der Waals surface area contributed by atoms with Crippen LogP contribution in [0.25, 0.3) is 0 Å². The summed E-state index contributed by atoms with van der Waals surface area (Å²) in [6.07, 6.45) is 2.22. The van der Waals surface area contributed by atoms with Crippen molar-refractivity contribution in [2.45, 2.75) is 39.5 Å². The summed E-state index contributed by atoms with van der Waals surface area (Å²) in [6, 6.07) is 10.5. The second kappa shape index (κ2) is 12.0. The number of anilines is 1. The van der Waals surface area contributed by atoms with Crippen LogP contribution in [0.1, 0.15) is 42.6 Å². The summed E-state index contributed by atoms with van der Waals surface area (Å²) in [5, 5.41) is 6.06. The SMILES string of the molecule is CCCC(CNc1nc(C)c(OC=O)c(C)n1)c1ccccc1.CNC. The van der Waals surface area contributed by atoms with Crippen LogP contribution in [-0.4, -0.2) is 37.1 Å². The lowest BCUT2D eigenvalue weighted by molar-refractivity contribution is -0.120. The van der Waals surface area contributed by atoms with E-state index in [0.29, 0.717) is 35.5 Å². The fourth-order valence-electron chi connectivity index (χ4n) is 2.68. The molecule has 0 saturated carbocycles. The van der Waals surface area contributed by atoms with Gasteiger partial charge in [0.2, 0.25) is 5.95 Å². The first-order chi connectivity index (χ1) is 12.6. The molecule has 2 rings (SSSR count). The molecule has 26 heavy (non-hydrogen) atoms. The summed E-state index contributed by atoms with van der Waals surface area (Å²) < 4.78 is 4.92. The topological polar surface area (TPSA) is 76.1 Å². The monoisotopic (exact) mass is 358 g/mol. The number of nitrogens with one attached hydrogen (secondary N) is 2. The lowest BCUT2D eigenvalue weighted by Gasteiger charge is -2.18. The minimum Gasteiger partial charge on any atom is -0.425 e. The molecule has 1 heterocycles. The quantitative estimate of drug-likeness (QED) is 0.704. The van der Waals surface area contributed by atoms with Gasteiger partial charge in [0, 0.05) is 12.5 Å². The van der Waals surface area contributed by atoms with Crippen molar-refractivity contribution in [1.82, 2.24) is 15.3 Å². The van der Waals surface area contributed by atoms with E-state index in [4.69, 9.17) is 4.74 Å². The minimum absolute atomic E-state index is 0.401. The zero-order valence-corrected chi connectivity index (χ0v) is 16.4. The van der Waals surface area contributed by atoms with Crippen LogP contribution in [0, 0.1) is 13.8 Å². The van der Waals surface area contributed by atoms with Crippen molar-refractivity contribution in [2.75, 3.05) is 26.0 Å². The van der Waals surface area contributed by atoms with Crippen LogP contribution >= 0.6 is 0 Å². The van der Waals surface area contributed by atoms with Crippen molar-refractivity contribution in [2.24, 2.45) is 0 Å². The molecule has 1 aromatic heterocycles. The van der Waals surface area contributed by atoms with E-state index in [1.165, 1.54) is 5.56 Å². The van der Waals surface area contributed by atoms with Gasteiger partial charge in [0.1, 0.15) is 0 Å². The fourth-order valence-corrected chi connectivity index (χ4v) is 2.68. The first kappa shape index (κ1) is 21.6. The molecule has 1 atom stereocenters. The molecule has 6 nitrogen and oxygen atoms in total. The Morgan fingerprint density at radius 1 is 1.12 bits per heavy atom. The average molecular weight is 358 g/mol. The number of hydrogen-bond acceptors (Lipinski definition) is 6. The molecule has 0 aliphatic rings. The van der Waals surface area contributed by atoms with Gasteiger partial charge in [0.05, 0.1) is 11.4 Å². The molecular weight excluding hydrogens is 328 g/mol. The summed E-state index contributed by atoms with van der Waals surface area (Å²) in [5.41, 5.74) is 2.62. The molecule has 1 aromatic carbocycles. The van der Waals surface area contributed by atoms with E-state index in [1.807, 2.05) is 20.2 Å².